The average Bonchev–Trinajstić information content (AvgIpc) is 2.34. The summed E-state index contributed by atoms with van der Waals surface area (Å²) in [5.41, 5.74) is 0. The first-order valence-electron chi connectivity index (χ1n) is 4.96. The maximum absolute atomic E-state index is 11.6. The van der Waals surface area contributed by atoms with Crippen LogP contribution >= 0.6 is 0 Å². The lowest BCUT2D eigenvalue weighted by atomic mass is 10.0. The summed E-state index contributed by atoms with van der Waals surface area (Å²) in [7, 11) is 0. The van der Waals surface area contributed by atoms with Crippen molar-refractivity contribution in [3.05, 3.63) is 12.7 Å². The van der Waals surface area contributed by atoms with Gasteiger partial charge in [0.25, 0.3) is 0 Å². The molecule has 0 heterocycles. The molecule has 13 heavy (non-hydrogen) atoms. The summed E-state index contributed by atoms with van der Waals surface area (Å²) in [5, 5.41) is 0. The highest BCUT2D eigenvalue weighted by Crippen LogP contribution is 2.32. The van der Waals surface area contributed by atoms with Crippen molar-refractivity contribution in [2.45, 2.75) is 32.8 Å². The molecule has 1 fully saturated rings. The molecule has 0 aromatic rings. The van der Waals surface area contributed by atoms with Gasteiger partial charge in [-0.05, 0) is 25.7 Å². The second-order valence-electron chi connectivity index (χ2n) is 3.70. The van der Waals surface area contributed by atoms with Crippen molar-refractivity contribution in [2.75, 3.05) is 6.61 Å². The number of hydrogen-bond donors (Lipinski definition) is 0. The van der Waals surface area contributed by atoms with Crippen molar-refractivity contribution < 1.29 is 9.53 Å². The third-order valence-corrected chi connectivity index (χ3v) is 2.67. The number of carbonyl (C=O) groups is 1. The molecule has 3 atom stereocenters. The van der Waals surface area contributed by atoms with Gasteiger partial charge in [-0.15, -0.1) is 6.58 Å². The maximum Gasteiger partial charge on any atom is 0.164 e. The van der Waals surface area contributed by atoms with Crippen LogP contribution in [0.2, 0.25) is 0 Å². The Bertz CT molecular complexity index is 198. The van der Waals surface area contributed by atoms with Crippen LogP contribution in [0.5, 0.6) is 0 Å². The summed E-state index contributed by atoms with van der Waals surface area (Å²) < 4.78 is 5.45. The van der Waals surface area contributed by atoms with Gasteiger partial charge in [-0.25, -0.2) is 0 Å². The van der Waals surface area contributed by atoms with E-state index in [9.17, 15) is 4.79 Å². The predicted octanol–water partition coefficient (Wildman–Crippen LogP) is 2.19. The third kappa shape index (κ3) is 2.19. The fourth-order valence-corrected chi connectivity index (χ4v) is 2.04. The Balaban J connectivity index is 2.62. The van der Waals surface area contributed by atoms with Gasteiger partial charge < -0.3 is 4.74 Å². The first kappa shape index (κ1) is 10.5. The van der Waals surface area contributed by atoms with Crippen molar-refractivity contribution in [3.8, 4) is 0 Å². The van der Waals surface area contributed by atoms with Crippen LogP contribution in [0, 0.1) is 11.8 Å². The molecule has 0 saturated heterocycles. The highest BCUT2D eigenvalue weighted by atomic mass is 16.5. The lowest BCUT2D eigenvalue weighted by Gasteiger charge is -2.15. The highest BCUT2D eigenvalue weighted by Gasteiger charge is 2.39. The predicted molar refractivity (Wildman–Crippen MR) is 52.5 cm³/mol. The monoisotopic (exact) mass is 182 g/mol. The Kier molecular flexibility index (Phi) is 3.67. The van der Waals surface area contributed by atoms with Crippen molar-refractivity contribution in [3.63, 3.8) is 0 Å². The van der Waals surface area contributed by atoms with E-state index < -0.39 is 0 Å². The number of hydrogen-bond acceptors (Lipinski definition) is 2. The van der Waals surface area contributed by atoms with Crippen LogP contribution in [-0.2, 0) is 9.53 Å². The third-order valence-electron chi connectivity index (χ3n) is 2.67. The molecule has 0 aromatic carbocycles. The Hall–Kier alpha value is -0.630. The molecule has 1 saturated carbocycles. The van der Waals surface area contributed by atoms with E-state index in [0.717, 1.165) is 12.8 Å². The standard InChI is InChI=1S/C11H18O2/c1-4-6-9-7-8(3)10(12)11(9)13-5-2/h4,8-9,11H,1,5-7H2,2-3H3. The zero-order valence-electron chi connectivity index (χ0n) is 8.45. The van der Waals surface area contributed by atoms with Gasteiger partial charge in [-0.2, -0.15) is 0 Å². The molecule has 74 valence electrons. The number of carbonyl (C=O) groups excluding carboxylic acids is 1. The Morgan fingerprint density at radius 1 is 1.69 bits per heavy atom. The topological polar surface area (TPSA) is 26.3 Å². The minimum atomic E-state index is -0.169. The molecular weight excluding hydrogens is 164 g/mol. The lowest BCUT2D eigenvalue weighted by molar-refractivity contribution is -0.131. The Morgan fingerprint density at radius 2 is 2.38 bits per heavy atom. The molecule has 2 nitrogen and oxygen atoms in total. The van der Waals surface area contributed by atoms with Crippen molar-refractivity contribution in [1.29, 1.82) is 0 Å². The normalized spacial score (nSPS) is 33.7. The van der Waals surface area contributed by atoms with Gasteiger partial charge in [0.1, 0.15) is 6.10 Å². The van der Waals surface area contributed by atoms with Gasteiger partial charge in [-0.1, -0.05) is 13.0 Å². The number of ether oxygens (including phenoxy) is 1. The summed E-state index contributed by atoms with van der Waals surface area (Å²) in [4.78, 5) is 11.6. The fourth-order valence-electron chi connectivity index (χ4n) is 2.04. The van der Waals surface area contributed by atoms with E-state index in [1.54, 1.807) is 0 Å². The van der Waals surface area contributed by atoms with E-state index in [-0.39, 0.29) is 17.8 Å². The van der Waals surface area contributed by atoms with Crippen LogP contribution in [0.1, 0.15) is 26.7 Å². The second kappa shape index (κ2) is 4.56. The minimum Gasteiger partial charge on any atom is -0.370 e. The van der Waals surface area contributed by atoms with E-state index in [1.807, 2.05) is 19.9 Å². The highest BCUT2D eigenvalue weighted by molar-refractivity contribution is 5.87. The summed E-state index contributed by atoms with van der Waals surface area (Å²) in [5.74, 6) is 0.801. The molecule has 2 heteroatoms. The smallest absolute Gasteiger partial charge is 0.164 e. The molecule has 0 aromatic heterocycles. The fraction of sp³-hybridized carbons (Fsp3) is 0.727. The SMILES string of the molecule is C=CCC1CC(C)C(=O)C1OCC. The molecule has 0 radical (unpaired) electrons. The lowest BCUT2D eigenvalue weighted by Crippen LogP contribution is -2.26. The van der Waals surface area contributed by atoms with Crippen molar-refractivity contribution >= 4 is 5.78 Å². The van der Waals surface area contributed by atoms with Gasteiger partial charge in [0, 0.05) is 12.5 Å². The quantitative estimate of drug-likeness (QED) is 0.623. The molecule has 1 aliphatic rings. The molecule has 0 spiro atoms. The zero-order chi connectivity index (χ0) is 9.84. The van der Waals surface area contributed by atoms with Crippen LogP contribution in [0.3, 0.4) is 0 Å². The van der Waals surface area contributed by atoms with Gasteiger partial charge in [-0.3, -0.25) is 4.79 Å². The van der Waals surface area contributed by atoms with Crippen LogP contribution in [0.15, 0.2) is 12.7 Å². The molecule has 1 aliphatic carbocycles. The summed E-state index contributed by atoms with van der Waals surface area (Å²) in [6.45, 7) is 8.24. The van der Waals surface area contributed by atoms with Crippen LogP contribution in [0.25, 0.3) is 0 Å². The number of ketones is 1. The van der Waals surface area contributed by atoms with Crippen LogP contribution in [-0.4, -0.2) is 18.5 Å². The first-order chi connectivity index (χ1) is 6.20. The minimum absolute atomic E-state index is 0.168. The summed E-state index contributed by atoms with van der Waals surface area (Å²) in [6, 6.07) is 0. The van der Waals surface area contributed by atoms with Crippen LogP contribution < -0.4 is 0 Å². The van der Waals surface area contributed by atoms with Gasteiger partial charge in [0.15, 0.2) is 5.78 Å². The molecule has 0 amide bonds. The summed E-state index contributed by atoms with van der Waals surface area (Å²) in [6.07, 6.45) is 3.55. The largest absolute Gasteiger partial charge is 0.370 e. The van der Waals surface area contributed by atoms with Gasteiger partial charge in [0.2, 0.25) is 0 Å². The van der Waals surface area contributed by atoms with E-state index in [2.05, 4.69) is 6.58 Å². The van der Waals surface area contributed by atoms with Crippen LogP contribution in [0.4, 0.5) is 0 Å². The van der Waals surface area contributed by atoms with E-state index in [1.165, 1.54) is 0 Å². The average molecular weight is 182 g/mol. The number of allylic oxidation sites excluding steroid dienone is 1. The molecule has 1 rings (SSSR count). The number of rotatable bonds is 4. The van der Waals surface area contributed by atoms with Gasteiger partial charge >= 0.3 is 0 Å². The van der Waals surface area contributed by atoms with E-state index in [4.69, 9.17) is 4.74 Å². The zero-order valence-corrected chi connectivity index (χ0v) is 8.45. The number of Topliss-reactive ketones (excluding diaryl/α,β-unsaturated/α-hetero) is 1. The van der Waals surface area contributed by atoms with Crippen molar-refractivity contribution in [1.82, 2.24) is 0 Å². The molecule has 0 N–H and O–H groups in total. The Labute approximate surface area is 80.0 Å². The molecular formula is C11H18O2. The Morgan fingerprint density at radius 3 is 2.92 bits per heavy atom. The molecule has 3 unspecified atom stereocenters. The summed E-state index contributed by atoms with van der Waals surface area (Å²) >= 11 is 0. The molecule has 0 aliphatic heterocycles. The van der Waals surface area contributed by atoms with E-state index >= 15 is 0 Å². The van der Waals surface area contributed by atoms with Crippen molar-refractivity contribution in [2.24, 2.45) is 11.8 Å². The molecule has 0 bridgehead atoms. The first-order valence-corrected chi connectivity index (χ1v) is 4.96. The second-order valence-corrected chi connectivity index (χ2v) is 3.70. The van der Waals surface area contributed by atoms with Gasteiger partial charge in [0.05, 0.1) is 0 Å². The van der Waals surface area contributed by atoms with E-state index in [0.29, 0.717) is 12.5 Å². The maximum atomic E-state index is 11.6.